The van der Waals surface area contributed by atoms with Crippen molar-refractivity contribution in [1.82, 2.24) is 9.21 Å². The van der Waals surface area contributed by atoms with Crippen molar-refractivity contribution >= 4 is 27.3 Å². The van der Waals surface area contributed by atoms with Crippen LogP contribution < -0.4 is 0 Å². The lowest BCUT2D eigenvalue weighted by Gasteiger charge is -2.35. The number of hydrogen-bond donors (Lipinski definition) is 0. The molecule has 1 aliphatic heterocycles. The maximum absolute atomic E-state index is 13.2. The van der Waals surface area contributed by atoms with E-state index in [9.17, 15) is 13.2 Å². The van der Waals surface area contributed by atoms with E-state index in [1.54, 1.807) is 36.6 Å². The van der Waals surface area contributed by atoms with Gasteiger partial charge in [-0.2, -0.15) is 4.31 Å². The van der Waals surface area contributed by atoms with Crippen LogP contribution in [0.2, 0.25) is 0 Å². The van der Waals surface area contributed by atoms with Gasteiger partial charge in [-0.25, -0.2) is 8.42 Å². The van der Waals surface area contributed by atoms with Crippen molar-refractivity contribution in [2.45, 2.75) is 50.6 Å². The second-order valence-electron chi connectivity index (χ2n) is 7.11. The van der Waals surface area contributed by atoms with Crippen LogP contribution >= 0.6 is 11.3 Å². The van der Waals surface area contributed by atoms with Gasteiger partial charge in [0.2, 0.25) is 10.0 Å². The van der Waals surface area contributed by atoms with Gasteiger partial charge < -0.3 is 4.90 Å². The predicted molar refractivity (Wildman–Crippen MR) is 109 cm³/mol. The van der Waals surface area contributed by atoms with E-state index in [1.807, 2.05) is 18.7 Å². The van der Waals surface area contributed by atoms with Crippen LogP contribution in [0.1, 0.15) is 54.0 Å². The lowest BCUT2D eigenvalue weighted by atomic mass is 9.97. The van der Waals surface area contributed by atoms with Crippen LogP contribution in [-0.4, -0.2) is 43.2 Å². The van der Waals surface area contributed by atoms with Gasteiger partial charge in [-0.15, -0.1) is 11.3 Å². The highest BCUT2D eigenvalue weighted by atomic mass is 32.2. The number of fused-ring (bicyclic) bond motifs is 1. The number of amides is 1. The van der Waals surface area contributed by atoms with Crippen LogP contribution in [-0.2, 0) is 16.4 Å². The minimum atomic E-state index is -3.62. The lowest BCUT2D eigenvalue weighted by molar-refractivity contribution is 0.0657. The summed E-state index contributed by atoms with van der Waals surface area (Å²) < 4.78 is 26.9. The summed E-state index contributed by atoms with van der Waals surface area (Å²) in [6.45, 7) is 6.39. The molecule has 1 amide bonds. The number of carbonyl (C=O) groups excluding carboxylic acids is 1. The van der Waals surface area contributed by atoms with Crippen LogP contribution in [0.5, 0.6) is 0 Å². The van der Waals surface area contributed by atoms with Gasteiger partial charge in [0.05, 0.1) is 10.9 Å². The van der Waals surface area contributed by atoms with Gasteiger partial charge in [-0.05, 0) is 61.9 Å². The monoisotopic (exact) mass is 406 g/mol. The molecule has 1 aromatic carbocycles. The quantitative estimate of drug-likeness (QED) is 0.756. The van der Waals surface area contributed by atoms with Gasteiger partial charge in [-0.3, -0.25) is 4.79 Å². The number of thiophene rings is 1. The second-order valence-corrected chi connectivity index (χ2v) is 10.1. The molecule has 1 aromatic heterocycles. The number of nitrogens with zero attached hydrogens (tertiary/aromatic N) is 2. The summed E-state index contributed by atoms with van der Waals surface area (Å²) in [5.74, 6) is -0.108. The minimum Gasteiger partial charge on any atom is -0.331 e. The summed E-state index contributed by atoms with van der Waals surface area (Å²) in [4.78, 5) is 16.6. The Balaban J connectivity index is 1.93. The van der Waals surface area contributed by atoms with Gasteiger partial charge in [0, 0.05) is 30.1 Å². The summed E-state index contributed by atoms with van der Waals surface area (Å²) in [6.07, 6.45) is 1.69. The molecule has 0 saturated carbocycles. The summed E-state index contributed by atoms with van der Waals surface area (Å²) in [7, 11) is -2.06. The molecule has 7 heteroatoms. The van der Waals surface area contributed by atoms with Crippen LogP contribution in [0.3, 0.4) is 0 Å². The Hall–Kier alpha value is -1.70. The Morgan fingerprint density at radius 3 is 2.74 bits per heavy atom. The lowest BCUT2D eigenvalue weighted by Crippen LogP contribution is -2.39. The average Bonchev–Trinajstić information content (AvgIpc) is 3.14. The molecule has 0 spiro atoms. The van der Waals surface area contributed by atoms with Gasteiger partial charge in [0.25, 0.3) is 5.91 Å². The van der Waals surface area contributed by atoms with E-state index in [0.717, 1.165) is 12.8 Å². The molecule has 3 rings (SSSR count). The third-order valence-electron chi connectivity index (χ3n) is 5.23. The number of carbonyl (C=O) groups is 1. The highest BCUT2D eigenvalue weighted by Gasteiger charge is 2.31. The molecule has 0 bridgehead atoms. The fourth-order valence-corrected chi connectivity index (χ4v) is 5.82. The van der Waals surface area contributed by atoms with Gasteiger partial charge in [0.15, 0.2) is 0 Å². The molecule has 0 aliphatic carbocycles. The van der Waals surface area contributed by atoms with E-state index in [2.05, 4.69) is 18.4 Å². The van der Waals surface area contributed by atoms with E-state index >= 15 is 0 Å². The molecular weight excluding hydrogens is 380 g/mol. The number of hydrogen-bond acceptors (Lipinski definition) is 4. The molecule has 2 heterocycles. The van der Waals surface area contributed by atoms with Crippen LogP contribution in [0.4, 0.5) is 0 Å². The Kier molecular flexibility index (Phi) is 5.74. The normalized spacial score (nSPS) is 17.4. The molecule has 146 valence electrons. The first-order chi connectivity index (χ1) is 12.8. The van der Waals surface area contributed by atoms with Gasteiger partial charge in [0.1, 0.15) is 0 Å². The maximum Gasteiger partial charge on any atom is 0.254 e. The standard InChI is InChI=1S/C20H26N2O3S2/c1-5-18-17-10-12-26-19(17)9-11-22(18)20(23)15-7-6-8-16(13-15)27(24,25)21(4)14(2)3/h6-8,10,12-14,18H,5,9,11H2,1-4H3. The molecule has 0 N–H and O–H groups in total. The first-order valence-corrected chi connectivity index (χ1v) is 11.5. The topological polar surface area (TPSA) is 57.7 Å². The van der Waals surface area contributed by atoms with E-state index < -0.39 is 10.0 Å². The zero-order valence-corrected chi connectivity index (χ0v) is 17.8. The zero-order chi connectivity index (χ0) is 19.8. The summed E-state index contributed by atoms with van der Waals surface area (Å²) >= 11 is 1.74. The molecule has 1 atom stereocenters. The maximum atomic E-state index is 13.2. The van der Waals surface area contributed by atoms with Crippen molar-refractivity contribution in [3.8, 4) is 0 Å². The molecule has 1 unspecified atom stereocenters. The predicted octanol–water partition coefficient (Wildman–Crippen LogP) is 3.93. The number of rotatable bonds is 5. The van der Waals surface area contributed by atoms with Gasteiger partial charge in [-0.1, -0.05) is 13.0 Å². The van der Waals surface area contributed by atoms with Gasteiger partial charge >= 0.3 is 0 Å². The number of sulfonamides is 1. The number of benzene rings is 1. The van der Waals surface area contributed by atoms with E-state index in [1.165, 1.54) is 20.8 Å². The third kappa shape index (κ3) is 3.68. The molecular formula is C20H26N2O3S2. The Morgan fingerprint density at radius 1 is 1.33 bits per heavy atom. The largest absolute Gasteiger partial charge is 0.331 e. The Bertz CT molecular complexity index is 934. The Morgan fingerprint density at radius 2 is 2.07 bits per heavy atom. The molecule has 0 fully saturated rings. The van der Waals surface area contributed by atoms with E-state index in [4.69, 9.17) is 0 Å². The summed E-state index contributed by atoms with van der Waals surface area (Å²) in [6, 6.07) is 8.40. The van der Waals surface area contributed by atoms with Crippen molar-refractivity contribution in [1.29, 1.82) is 0 Å². The highest BCUT2D eigenvalue weighted by molar-refractivity contribution is 7.89. The fraction of sp³-hybridized carbons (Fsp3) is 0.450. The first-order valence-electron chi connectivity index (χ1n) is 9.22. The average molecular weight is 407 g/mol. The third-order valence-corrected chi connectivity index (χ3v) is 8.25. The highest BCUT2D eigenvalue weighted by Crippen LogP contribution is 2.36. The van der Waals surface area contributed by atoms with E-state index in [-0.39, 0.29) is 22.9 Å². The van der Waals surface area contributed by atoms with Crippen molar-refractivity contribution in [3.63, 3.8) is 0 Å². The van der Waals surface area contributed by atoms with E-state index in [0.29, 0.717) is 12.1 Å². The van der Waals surface area contributed by atoms with Crippen LogP contribution in [0, 0.1) is 0 Å². The van der Waals surface area contributed by atoms with Crippen LogP contribution in [0.25, 0.3) is 0 Å². The van der Waals surface area contributed by atoms with Crippen molar-refractivity contribution in [3.05, 3.63) is 51.7 Å². The fourth-order valence-electron chi connectivity index (χ4n) is 3.48. The van der Waals surface area contributed by atoms with Crippen molar-refractivity contribution in [2.75, 3.05) is 13.6 Å². The zero-order valence-electron chi connectivity index (χ0n) is 16.2. The van der Waals surface area contributed by atoms with Crippen molar-refractivity contribution in [2.24, 2.45) is 0 Å². The van der Waals surface area contributed by atoms with Crippen LogP contribution in [0.15, 0.2) is 40.6 Å². The smallest absolute Gasteiger partial charge is 0.254 e. The molecule has 27 heavy (non-hydrogen) atoms. The molecule has 1 aliphatic rings. The molecule has 5 nitrogen and oxygen atoms in total. The van der Waals surface area contributed by atoms with Crippen molar-refractivity contribution < 1.29 is 13.2 Å². The molecule has 0 radical (unpaired) electrons. The molecule has 2 aromatic rings. The minimum absolute atomic E-state index is 0.0473. The summed E-state index contributed by atoms with van der Waals surface area (Å²) in [5.41, 5.74) is 1.65. The Labute approximate surface area is 165 Å². The SMILES string of the molecule is CCC1c2ccsc2CCN1C(=O)c1cccc(S(=O)(=O)N(C)C(C)C)c1. The first kappa shape index (κ1) is 20.0. The molecule has 0 saturated heterocycles. The summed E-state index contributed by atoms with van der Waals surface area (Å²) in [5, 5.41) is 2.08. The second kappa shape index (κ2) is 7.73.